The molecule has 0 saturated carbocycles. The van der Waals surface area contributed by atoms with E-state index in [2.05, 4.69) is 15.3 Å². The van der Waals surface area contributed by atoms with Crippen LogP contribution in [0.2, 0.25) is 0 Å². The van der Waals surface area contributed by atoms with Crippen molar-refractivity contribution in [2.24, 2.45) is 7.05 Å². The molecule has 4 aromatic rings. The number of carbonyl (C=O) groups is 1. The Morgan fingerprint density at radius 1 is 1.19 bits per heavy atom. The third-order valence-electron chi connectivity index (χ3n) is 4.27. The minimum atomic E-state index is -0.197. The van der Waals surface area contributed by atoms with Crippen molar-refractivity contribution in [1.82, 2.24) is 14.5 Å². The fraction of sp³-hybridized carbons (Fsp3) is 0.100. The van der Waals surface area contributed by atoms with E-state index in [1.54, 1.807) is 13.3 Å². The van der Waals surface area contributed by atoms with Gasteiger partial charge in [0.15, 0.2) is 0 Å². The molecular formula is C20H18N4O2. The number of ether oxygens (including phenoxy) is 1. The maximum absolute atomic E-state index is 12.6. The number of carbonyl (C=O) groups excluding carboxylic acids is 1. The number of rotatable bonds is 4. The molecule has 1 amide bonds. The van der Waals surface area contributed by atoms with Crippen molar-refractivity contribution in [1.29, 1.82) is 0 Å². The zero-order valence-electron chi connectivity index (χ0n) is 14.5. The fourth-order valence-corrected chi connectivity index (χ4v) is 2.93. The van der Waals surface area contributed by atoms with E-state index in [-0.39, 0.29) is 5.91 Å². The molecule has 26 heavy (non-hydrogen) atoms. The van der Waals surface area contributed by atoms with Crippen molar-refractivity contribution >= 4 is 22.5 Å². The number of nitrogens with zero attached hydrogens (tertiary/aromatic N) is 2. The SMILES string of the molecule is COc1ccc2cc(C(=O)Nc3cccc(-c4nccn4C)c3)[nH]c2c1. The van der Waals surface area contributed by atoms with Crippen LogP contribution >= 0.6 is 0 Å². The standard InChI is InChI=1S/C20H18N4O2/c1-24-9-8-21-19(24)14-4-3-5-15(10-14)22-20(25)18-11-13-6-7-16(26-2)12-17(13)23-18/h3-12,23H,1-2H3,(H,22,25). The van der Waals surface area contributed by atoms with E-state index in [1.807, 2.05) is 66.3 Å². The zero-order valence-corrected chi connectivity index (χ0v) is 14.5. The molecule has 0 aliphatic rings. The van der Waals surface area contributed by atoms with Gasteiger partial charge in [0, 0.05) is 47.7 Å². The fourth-order valence-electron chi connectivity index (χ4n) is 2.93. The quantitative estimate of drug-likeness (QED) is 0.590. The van der Waals surface area contributed by atoms with Gasteiger partial charge in [-0.15, -0.1) is 0 Å². The number of amides is 1. The van der Waals surface area contributed by atoms with Crippen LogP contribution < -0.4 is 10.1 Å². The summed E-state index contributed by atoms with van der Waals surface area (Å²) in [6.45, 7) is 0. The van der Waals surface area contributed by atoms with Crippen molar-refractivity contribution in [3.05, 3.63) is 66.6 Å². The highest BCUT2D eigenvalue weighted by atomic mass is 16.5. The normalized spacial score (nSPS) is 10.8. The summed E-state index contributed by atoms with van der Waals surface area (Å²) < 4.78 is 7.15. The summed E-state index contributed by atoms with van der Waals surface area (Å²) in [7, 11) is 3.55. The Labute approximate surface area is 150 Å². The van der Waals surface area contributed by atoms with Crippen LogP contribution in [0.3, 0.4) is 0 Å². The van der Waals surface area contributed by atoms with Crippen LogP contribution in [-0.4, -0.2) is 27.6 Å². The predicted molar refractivity (Wildman–Crippen MR) is 101 cm³/mol. The smallest absolute Gasteiger partial charge is 0.272 e. The molecule has 2 aromatic carbocycles. The van der Waals surface area contributed by atoms with Gasteiger partial charge in [-0.1, -0.05) is 12.1 Å². The summed E-state index contributed by atoms with van der Waals surface area (Å²) in [4.78, 5) is 20.1. The number of nitrogens with one attached hydrogen (secondary N) is 2. The molecule has 0 atom stereocenters. The van der Waals surface area contributed by atoms with Gasteiger partial charge >= 0.3 is 0 Å². The van der Waals surface area contributed by atoms with Crippen molar-refractivity contribution in [2.45, 2.75) is 0 Å². The van der Waals surface area contributed by atoms with Gasteiger partial charge in [-0.2, -0.15) is 0 Å². The van der Waals surface area contributed by atoms with Gasteiger partial charge in [0.25, 0.3) is 5.91 Å². The molecule has 0 saturated heterocycles. The summed E-state index contributed by atoms with van der Waals surface area (Å²) in [5.74, 6) is 1.39. The Bertz CT molecular complexity index is 1090. The van der Waals surface area contributed by atoms with Gasteiger partial charge in [-0.3, -0.25) is 4.79 Å². The number of hydrogen-bond donors (Lipinski definition) is 2. The van der Waals surface area contributed by atoms with E-state index in [9.17, 15) is 4.79 Å². The molecule has 4 rings (SSSR count). The lowest BCUT2D eigenvalue weighted by atomic mass is 10.2. The number of benzene rings is 2. The Balaban J connectivity index is 1.59. The average Bonchev–Trinajstić information content (AvgIpc) is 3.27. The molecule has 0 unspecified atom stereocenters. The number of imidazole rings is 1. The van der Waals surface area contributed by atoms with E-state index in [0.717, 1.165) is 28.0 Å². The first-order valence-corrected chi connectivity index (χ1v) is 8.20. The van der Waals surface area contributed by atoms with Crippen LogP contribution in [0.5, 0.6) is 5.75 Å². The van der Waals surface area contributed by atoms with Crippen LogP contribution in [0.4, 0.5) is 5.69 Å². The molecule has 6 heteroatoms. The molecule has 0 aliphatic heterocycles. The number of hydrogen-bond acceptors (Lipinski definition) is 3. The van der Waals surface area contributed by atoms with Gasteiger partial charge in [0.2, 0.25) is 0 Å². The average molecular weight is 346 g/mol. The first-order chi connectivity index (χ1) is 12.6. The molecule has 0 radical (unpaired) electrons. The number of anilines is 1. The van der Waals surface area contributed by atoms with Gasteiger partial charge in [0.05, 0.1) is 7.11 Å². The topological polar surface area (TPSA) is 71.9 Å². The van der Waals surface area contributed by atoms with Gasteiger partial charge in [0.1, 0.15) is 17.3 Å². The van der Waals surface area contributed by atoms with Crippen LogP contribution in [0.25, 0.3) is 22.3 Å². The second-order valence-corrected chi connectivity index (χ2v) is 6.03. The van der Waals surface area contributed by atoms with E-state index in [4.69, 9.17) is 4.74 Å². The highest BCUT2D eigenvalue weighted by Crippen LogP contribution is 2.23. The maximum atomic E-state index is 12.6. The van der Waals surface area contributed by atoms with E-state index < -0.39 is 0 Å². The second kappa shape index (κ2) is 6.40. The summed E-state index contributed by atoms with van der Waals surface area (Å²) in [5, 5.41) is 3.89. The lowest BCUT2D eigenvalue weighted by molar-refractivity contribution is 0.102. The molecule has 0 spiro atoms. The van der Waals surface area contributed by atoms with Crippen molar-refractivity contribution < 1.29 is 9.53 Å². The summed E-state index contributed by atoms with van der Waals surface area (Å²) in [5.41, 5.74) is 3.01. The van der Waals surface area contributed by atoms with Crippen LogP contribution in [0.15, 0.2) is 60.9 Å². The van der Waals surface area contributed by atoms with Crippen molar-refractivity contribution in [3.8, 4) is 17.1 Å². The second-order valence-electron chi connectivity index (χ2n) is 6.03. The molecule has 2 heterocycles. The molecule has 0 aliphatic carbocycles. The highest BCUT2D eigenvalue weighted by Gasteiger charge is 2.11. The molecule has 2 N–H and O–H groups in total. The van der Waals surface area contributed by atoms with Crippen LogP contribution in [0, 0.1) is 0 Å². The van der Waals surface area contributed by atoms with E-state index in [1.165, 1.54) is 0 Å². The third-order valence-corrected chi connectivity index (χ3v) is 4.27. The first-order valence-electron chi connectivity index (χ1n) is 8.20. The molecule has 6 nitrogen and oxygen atoms in total. The summed E-state index contributed by atoms with van der Waals surface area (Å²) >= 11 is 0. The minimum absolute atomic E-state index is 0.197. The molecule has 130 valence electrons. The van der Waals surface area contributed by atoms with E-state index in [0.29, 0.717) is 11.4 Å². The zero-order chi connectivity index (χ0) is 18.1. The van der Waals surface area contributed by atoms with Gasteiger partial charge < -0.3 is 19.6 Å². The summed E-state index contributed by atoms with van der Waals surface area (Å²) in [6, 6.07) is 15.1. The summed E-state index contributed by atoms with van der Waals surface area (Å²) in [6.07, 6.45) is 3.64. The van der Waals surface area contributed by atoms with Gasteiger partial charge in [-0.25, -0.2) is 4.98 Å². The number of aromatic amines is 1. The molecule has 0 bridgehead atoms. The molecule has 0 fully saturated rings. The largest absolute Gasteiger partial charge is 0.497 e. The van der Waals surface area contributed by atoms with Crippen LogP contribution in [0.1, 0.15) is 10.5 Å². The number of H-pyrrole nitrogens is 1. The lowest BCUT2D eigenvalue weighted by Crippen LogP contribution is -2.12. The number of fused-ring (bicyclic) bond motifs is 1. The molecule has 2 aromatic heterocycles. The Morgan fingerprint density at radius 3 is 2.85 bits per heavy atom. The predicted octanol–water partition coefficient (Wildman–Crippen LogP) is 3.83. The Hall–Kier alpha value is -3.54. The highest BCUT2D eigenvalue weighted by molar-refractivity contribution is 6.06. The first kappa shape index (κ1) is 16.0. The van der Waals surface area contributed by atoms with Crippen LogP contribution in [-0.2, 0) is 7.05 Å². The van der Waals surface area contributed by atoms with E-state index >= 15 is 0 Å². The number of methoxy groups -OCH3 is 1. The lowest BCUT2D eigenvalue weighted by Gasteiger charge is -2.07. The number of aryl methyl sites for hydroxylation is 1. The maximum Gasteiger partial charge on any atom is 0.272 e. The molecular weight excluding hydrogens is 328 g/mol. The minimum Gasteiger partial charge on any atom is -0.497 e. The van der Waals surface area contributed by atoms with Crippen molar-refractivity contribution in [3.63, 3.8) is 0 Å². The monoisotopic (exact) mass is 346 g/mol. The third kappa shape index (κ3) is 2.93. The Kier molecular flexibility index (Phi) is 3.93. The van der Waals surface area contributed by atoms with Gasteiger partial charge in [-0.05, 0) is 30.3 Å². The van der Waals surface area contributed by atoms with Crippen molar-refractivity contribution in [2.75, 3.05) is 12.4 Å². The Morgan fingerprint density at radius 2 is 2.08 bits per heavy atom. The number of aromatic nitrogens is 3.